The minimum atomic E-state index is -4.41. The number of aryl methyl sites for hydroxylation is 2. The summed E-state index contributed by atoms with van der Waals surface area (Å²) in [5.41, 5.74) is 1.32. The van der Waals surface area contributed by atoms with Gasteiger partial charge in [-0.25, -0.2) is 0 Å². The Labute approximate surface area is 137 Å². The van der Waals surface area contributed by atoms with Crippen molar-refractivity contribution in [3.8, 4) is 5.75 Å². The van der Waals surface area contributed by atoms with Crippen LogP contribution in [0.5, 0.6) is 5.75 Å². The Bertz CT molecular complexity index is 683. The first kappa shape index (κ1) is 17.8. The van der Waals surface area contributed by atoms with Crippen LogP contribution in [-0.4, -0.2) is 35.0 Å². The molecule has 0 aliphatic rings. The van der Waals surface area contributed by atoms with Gasteiger partial charge in [0.2, 0.25) is 0 Å². The van der Waals surface area contributed by atoms with E-state index in [0.29, 0.717) is 19.5 Å². The molecule has 130 valence electrons. The third-order valence-electron chi connectivity index (χ3n) is 3.11. The number of rotatable bonds is 7. The van der Waals surface area contributed by atoms with E-state index in [2.05, 4.69) is 15.2 Å². The van der Waals surface area contributed by atoms with Gasteiger partial charge in [0.25, 0.3) is 5.91 Å². The number of alkyl halides is 3. The minimum absolute atomic E-state index is 0.00647. The van der Waals surface area contributed by atoms with Crippen molar-refractivity contribution in [1.82, 2.24) is 15.1 Å². The van der Waals surface area contributed by atoms with E-state index in [4.69, 9.17) is 0 Å². The van der Waals surface area contributed by atoms with Crippen molar-refractivity contribution in [2.24, 2.45) is 0 Å². The van der Waals surface area contributed by atoms with Gasteiger partial charge in [-0.05, 0) is 37.1 Å². The Morgan fingerprint density at radius 1 is 1.38 bits per heavy atom. The predicted molar refractivity (Wildman–Crippen MR) is 81.9 cm³/mol. The number of carbonyl (C=O) groups excluding carboxylic acids is 1. The molecule has 0 saturated heterocycles. The van der Waals surface area contributed by atoms with Crippen LogP contribution in [0, 0.1) is 6.92 Å². The highest BCUT2D eigenvalue weighted by Crippen LogP contribution is 2.19. The Balaban J connectivity index is 1.79. The molecule has 2 rings (SSSR count). The molecule has 24 heavy (non-hydrogen) atoms. The second kappa shape index (κ2) is 7.85. The first-order chi connectivity index (χ1) is 11.3. The largest absolute Gasteiger partial charge is 0.484 e. The molecule has 5 nitrogen and oxygen atoms in total. The molecule has 0 bridgehead atoms. The molecular weight excluding hydrogens is 323 g/mol. The highest BCUT2D eigenvalue weighted by molar-refractivity contribution is 5.94. The maximum Gasteiger partial charge on any atom is 0.422 e. The Hall–Kier alpha value is -2.51. The molecule has 1 heterocycles. The SMILES string of the molecule is Cc1cnn(CCCNC(=O)c2cccc(OCC(F)(F)F)c2)c1. The van der Waals surface area contributed by atoms with Crippen LogP contribution in [0.25, 0.3) is 0 Å². The number of halogens is 3. The summed E-state index contributed by atoms with van der Waals surface area (Å²) < 4.78 is 42.8. The average molecular weight is 341 g/mol. The number of aromatic nitrogens is 2. The van der Waals surface area contributed by atoms with Gasteiger partial charge in [0, 0.05) is 24.8 Å². The van der Waals surface area contributed by atoms with Crippen LogP contribution in [0.3, 0.4) is 0 Å². The van der Waals surface area contributed by atoms with Crippen LogP contribution in [0.15, 0.2) is 36.7 Å². The molecule has 0 aliphatic carbocycles. The zero-order chi connectivity index (χ0) is 17.6. The maximum absolute atomic E-state index is 12.1. The quantitative estimate of drug-likeness (QED) is 0.788. The fourth-order valence-corrected chi connectivity index (χ4v) is 2.03. The molecular formula is C16H18F3N3O2. The van der Waals surface area contributed by atoms with Gasteiger partial charge in [-0.2, -0.15) is 18.3 Å². The van der Waals surface area contributed by atoms with Gasteiger partial charge in [0.15, 0.2) is 6.61 Å². The number of nitrogens with zero attached hydrogens (tertiary/aromatic N) is 2. The number of amides is 1. The predicted octanol–water partition coefficient (Wildman–Crippen LogP) is 2.95. The number of hydrogen-bond acceptors (Lipinski definition) is 3. The molecule has 1 aromatic heterocycles. The highest BCUT2D eigenvalue weighted by Gasteiger charge is 2.28. The van der Waals surface area contributed by atoms with Gasteiger partial charge in [0.05, 0.1) is 6.20 Å². The third-order valence-corrected chi connectivity index (χ3v) is 3.11. The summed E-state index contributed by atoms with van der Waals surface area (Å²) in [6.07, 6.45) is -0.0610. The highest BCUT2D eigenvalue weighted by atomic mass is 19.4. The molecule has 0 radical (unpaired) electrons. The lowest BCUT2D eigenvalue weighted by atomic mass is 10.2. The standard InChI is InChI=1S/C16H18F3N3O2/c1-12-9-21-22(10-12)7-3-6-20-15(23)13-4-2-5-14(8-13)24-11-16(17,18)19/h2,4-5,8-10H,3,6-7,11H2,1H3,(H,20,23). The van der Waals surface area contributed by atoms with Gasteiger partial charge in [-0.1, -0.05) is 6.07 Å². The summed E-state index contributed by atoms with van der Waals surface area (Å²) in [6.45, 7) is 1.66. The molecule has 1 N–H and O–H groups in total. The molecule has 2 aromatic rings. The maximum atomic E-state index is 12.1. The number of hydrogen-bond donors (Lipinski definition) is 1. The lowest BCUT2D eigenvalue weighted by molar-refractivity contribution is -0.153. The first-order valence-electron chi connectivity index (χ1n) is 7.40. The van der Waals surface area contributed by atoms with E-state index in [1.54, 1.807) is 10.9 Å². The average Bonchev–Trinajstić information content (AvgIpc) is 2.94. The fraction of sp³-hybridized carbons (Fsp3) is 0.375. The molecule has 0 saturated carbocycles. The molecule has 8 heteroatoms. The summed E-state index contributed by atoms with van der Waals surface area (Å²) in [5.74, 6) is -0.351. The van der Waals surface area contributed by atoms with Gasteiger partial charge < -0.3 is 10.1 Å². The van der Waals surface area contributed by atoms with Crippen LogP contribution < -0.4 is 10.1 Å². The van der Waals surface area contributed by atoms with Crippen LogP contribution in [0.1, 0.15) is 22.3 Å². The van der Waals surface area contributed by atoms with E-state index >= 15 is 0 Å². The van der Waals surface area contributed by atoms with E-state index in [-0.39, 0.29) is 17.2 Å². The van der Waals surface area contributed by atoms with Crippen molar-refractivity contribution in [2.75, 3.05) is 13.2 Å². The van der Waals surface area contributed by atoms with E-state index < -0.39 is 12.8 Å². The van der Waals surface area contributed by atoms with E-state index in [1.807, 2.05) is 13.1 Å². The van der Waals surface area contributed by atoms with E-state index in [1.165, 1.54) is 24.3 Å². The van der Waals surface area contributed by atoms with E-state index in [9.17, 15) is 18.0 Å². The van der Waals surface area contributed by atoms with Crippen LogP contribution in [0.2, 0.25) is 0 Å². The summed E-state index contributed by atoms with van der Waals surface area (Å²) in [4.78, 5) is 12.0. The van der Waals surface area contributed by atoms with Crippen molar-refractivity contribution >= 4 is 5.91 Å². The lowest BCUT2D eigenvalue weighted by Gasteiger charge is -2.10. The Morgan fingerprint density at radius 2 is 2.17 bits per heavy atom. The summed E-state index contributed by atoms with van der Waals surface area (Å²) in [5, 5.41) is 6.86. The van der Waals surface area contributed by atoms with Crippen molar-refractivity contribution in [1.29, 1.82) is 0 Å². The molecule has 0 aliphatic heterocycles. The number of benzene rings is 1. The zero-order valence-electron chi connectivity index (χ0n) is 13.1. The zero-order valence-corrected chi connectivity index (χ0v) is 13.1. The van der Waals surface area contributed by atoms with Gasteiger partial charge in [-0.3, -0.25) is 9.48 Å². The molecule has 1 amide bonds. The number of carbonyl (C=O) groups is 1. The Kier molecular flexibility index (Phi) is 5.83. The minimum Gasteiger partial charge on any atom is -0.484 e. The topological polar surface area (TPSA) is 56.2 Å². The monoisotopic (exact) mass is 341 g/mol. The molecule has 0 unspecified atom stereocenters. The van der Waals surface area contributed by atoms with Gasteiger partial charge in [0.1, 0.15) is 5.75 Å². The van der Waals surface area contributed by atoms with Crippen molar-refractivity contribution in [2.45, 2.75) is 26.1 Å². The van der Waals surface area contributed by atoms with Gasteiger partial charge in [-0.15, -0.1) is 0 Å². The smallest absolute Gasteiger partial charge is 0.422 e. The second-order valence-corrected chi connectivity index (χ2v) is 5.32. The van der Waals surface area contributed by atoms with Gasteiger partial charge >= 0.3 is 6.18 Å². The van der Waals surface area contributed by atoms with Crippen molar-refractivity contribution in [3.63, 3.8) is 0 Å². The van der Waals surface area contributed by atoms with Crippen LogP contribution in [-0.2, 0) is 6.54 Å². The molecule has 0 fully saturated rings. The summed E-state index contributed by atoms with van der Waals surface area (Å²) in [6, 6.07) is 5.67. The normalized spacial score (nSPS) is 11.3. The third kappa shape index (κ3) is 5.94. The molecule has 0 atom stereocenters. The summed E-state index contributed by atoms with van der Waals surface area (Å²) in [7, 11) is 0. The fourth-order valence-electron chi connectivity index (χ4n) is 2.03. The van der Waals surface area contributed by atoms with Crippen LogP contribution in [0.4, 0.5) is 13.2 Å². The van der Waals surface area contributed by atoms with Crippen molar-refractivity contribution in [3.05, 3.63) is 47.8 Å². The number of nitrogens with one attached hydrogen (secondary N) is 1. The summed E-state index contributed by atoms with van der Waals surface area (Å²) >= 11 is 0. The number of ether oxygens (including phenoxy) is 1. The molecule has 1 aromatic carbocycles. The second-order valence-electron chi connectivity index (χ2n) is 5.32. The van der Waals surface area contributed by atoms with Crippen LogP contribution >= 0.6 is 0 Å². The van der Waals surface area contributed by atoms with E-state index in [0.717, 1.165) is 5.56 Å². The first-order valence-corrected chi connectivity index (χ1v) is 7.40. The lowest BCUT2D eigenvalue weighted by Crippen LogP contribution is -2.25. The Morgan fingerprint density at radius 3 is 2.83 bits per heavy atom. The van der Waals surface area contributed by atoms with Crippen molar-refractivity contribution < 1.29 is 22.7 Å². The molecule has 0 spiro atoms.